The van der Waals surface area contributed by atoms with Crippen LogP contribution in [0.2, 0.25) is 0 Å². The van der Waals surface area contributed by atoms with E-state index < -0.39 is 0 Å². The molecule has 0 aliphatic carbocycles. The van der Waals surface area contributed by atoms with Gasteiger partial charge in [0.05, 0.1) is 5.69 Å². The average Bonchev–Trinajstić information content (AvgIpc) is 2.47. The maximum Gasteiger partial charge on any atom is 0.108 e. The van der Waals surface area contributed by atoms with Crippen molar-refractivity contribution in [3.05, 3.63) is 65.7 Å². The first-order valence-corrected chi connectivity index (χ1v) is 5.66. The van der Waals surface area contributed by atoms with Crippen molar-refractivity contribution < 1.29 is 0 Å². The summed E-state index contributed by atoms with van der Waals surface area (Å²) in [7, 11) is 0. The molecule has 0 saturated heterocycles. The minimum absolute atomic E-state index is 0.419. The molecule has 0 spiro atoms. The van der Waals surface area contributed by atoms with E-state index >= 15 is 0 Å². The molecule has 3 heteroatoms. The van der Waals surface area contributed by atoms with Crippen molar-refractivity contribution in [3.8, 4) is 11.3 Å². The molecule has 0 aliphatic heterocycles. The number of nitrogens with zero attached hydrogens (tertiary/aromatic N) is 2. The Labute approximate surface area is 104 Å². The second kappa shape index (κ2) is 4.37. The lowest BCUT2D eigenvalue weighted by molar-refractivity contribution is 1.35. The SMILES string of the molecule is O=Nc1cccc(-c2nccc3ccccc23)c1. The van der Waals surface area contributed by atoms with Gasteiger partial charge < -0.3 is 0 Å². The highest BCUT2D eigenvalue weighted by atomic mass is 16.3. The van der Waals surface area contributed by atoms with Gasteiger partial charge in [0.1, 0.15) is 5.69 Å². The Kier molecular flexibility index (Phi) is 2.57. The van der Waals surface area contributed by atoms with E-state index in [1.807, 2.05) is 42.5 Å². The van der Waals surface area contributed by atoms with Crippen molar-refractivity contribution in [2.24, 2.45) is 5.18 Å². The minimum atomic E-state index is 0.419. The summed E-state index contributed by atoms with van der Waals surface area (Å²) in [6.45, 7) is 0. The summed E-state index contributed by atoms with van der Waals surface area (Å²) >= 11 is 0. The first-order valence-electron chi connectivity index (χ1n) is 5.66. The molecule has 0 atom stereocenters. The van der Waals surface area contributed by atoms with Gasteiger partial charge in [-0.1, -0.05) is 36.4 Å². The summed E-state index contributed by atoms with van der Waals surface area (Å²) in [5, 5.41) is 5.16. The van der Waals surface area contributed by atoms with E-state index in [-0.39, 0.29) is 0 Å². The molecule has 0 aliphatic rings. The van der Waals surface area contributed by atoms with Gasteiger partial charge in [-0.2, -0.15) is 0 Å². The molecule has 0 saturated carbocycles. The fraction of sp³-hybridized carbons (Fsp3) is 0. The average molecular weight is 234 g/mol. The van der Waals surface area contributed by atoms with Gasteiger partial charge in [-0.3, -0.25) is 4.98 Å². The maximum absolute atomic E-state index is 10.6. The lowest BCUT2D eigenvalue weighted by Crippen LogP contribution is -1.85. The first-order chi connectivity index (χ1) is 8.88. The number of aromatic nitrogens is 1. The van der Waals surface area contributed by atoms with E-state index in [1.165, 1.54) is 0 Å². The summed E-state index contributed by atoms with van der Waals surface area (Å²) < 4.78 is 0. The Morgan fingerprint density at radius 3 is 2.72 bits per heavy atom. The van der Waals surface area contributed by atoms with Crippen molar-refractivity contribution >= 4 is 16.5 Å². The van der Waals surface area contributed by atoms with Gasteiger partial charge in [-0.05, 0) is 28.8 Å². The molecule has 2 aromatic carbocycles. The predicted molar refractivity (Wildman–Crippen MR) is 72.6 cm³/mol. The van der Waals surface area contributed by atoms with Crippen LogP contribution in [-0.4, -0.2) is 4.98 Å². The monoisotopic (exact) mass is 234 g/mol. The lowest BCUT2D eigenvalue weighted by Gasteiger charge is -2.05. The number of nitroso groups, excluding NO2 is 1. The standard InChI is InChI=1S/C15H10N2O/c18-17-13-6-3-5-12(10-13)15-14-7-2-1-4-11(14)8-9-16-15/h1-10H. The minimum Gasteiger partial charge on any atom is -0.256 e. The molecule has 3 rings (SSSR count). The number of rotatable bonds is 2. The van der Waals surface area contributed by atoms with Crippen LogP contribution in [0.5, 0.6) is 0 Å². The zero-order chi connectivity index (χ0) is 12.4. The number of pyridine rings is 1. The van der Waals surface area contributed by atoms with Crippen LogP contribution >= 0.6 is 0 Å². The number of benzene rings is 2. The van der Waals surface area contributed by atoms with Gasteiger partial charge in [-0.15, -0.1) is 4.91 Å². The van der Waals surface area contributed by atoms with Gasteiger partial charge in [0.2, 0.25) is 0 Å². The van der Waals surface area contributed by atoms with Crippen LogP contribution < -0.4 is 0 Å². The van der Waals surface area contributed by atoms with Crippen molar-refractivity contribution in [2.75, 3.05) is 0 Å². The molecule has 0 bridgehead atoms. The van der Waals surface area contributed by atoms with E-state index in [0.717, 1.165) is 22.0 Å². The van der Waals surface area contributed by atoms with E-state index in [1.54, 1.807) is 18.3 Å². The molecule has 3 aromatic rings. The molecule has 0 unspecified atom stereocenters. The van der Waals surface area contributed by atoms with Crippen molar-refractivity contribution in [3.63, 3.8) is 0 Å². The number of hydrogen-bond acceptors (Lipinski definition) is 3. The third-order valence-corrected chi connectivity index (χ3v) is 2.90. The highest BCUT2D eigenvalue weighted by Gasteiger charge is 2.05. The van der Waals surface area contributed by atoms with Crippen LogP contribution in [0, 0.1) is 4.91 Å². The molecule has 0 amide bonds. The molecule has 1 aromatic heterocycles. The normalized spacial score (nSPS) is 10.4. The highest BCUT2D eigenvalue weighted by Crippen LogP contribution is 2.28. The summed E-state index contributed by atoms with van der Waals surface area (Å²) in [5.74, 6) is 0. The zero-order valence-corrected chi connectivity index (χ0v) is 9.58. The molecule has 1 heterocycles. The quantitative estimate of drug-likeness (QED) is 0.620. The fourth-order valence-electron chi connectivity index (χ4n) is 2.06. The first kappa shape index (κ1) is 10.6. The summed E-state index contributed by atoms with van der Waals surface area (Å²) in [4.78, 5) is 15.0. The van der Waals surface area contributed by atoms with E-state index in [4.69, 9.17) is 0 Å². The predicted octanol–water partition coefficient (Wildman–Crippen LogP) is 4.30. The van der Waals surface area contributed by atoms with Crippen LogP contribution in [0.25, 0.3) is 22.0 Å². The van der Waals surface area contributed by atoms with E-state index in [2.05, 4.69) is 10.2 Å². The highest BCUT2D eigenvalue weighted by molar-refractivity contribution is 5.94. The van der Waals surface area contributed by atoms with Crippen LogP contribution in [0.4, 0.5) is 5.69 Å². The molecular weight excluding hydrogens is 224 g/mol. The second-order valence-corrected chi connectivity index (χ2v) is 4.02. The zero-order valence-electron chi connectivity index (χ0n) is 9.58. The Hall–Kier alpha value is -2.55. The Balaban J connectivity index is 2.27. The third kappa shape index (κ3) is 1.76. The third-order valence-electron chi connectivity index (χ3n) is 2.90. The lowest BCUT2D eigenvalue weighted by atomic mass is 10.0. The van der Waals surface area contributed by atoms with Crippen LogP contribution in [0.3, 0.4) is 0 Å². The number of hydrogen-bond donors (Lipinski definition) is 0. The summed E-state index contributed by atoms with van der Waals surface area (Å²) in [6.07, 6.45) is 1.78. The fourth-order valence-corrected chi connectivity index (χ4v) is 2.06. The van der Waals surface area contributed by atoms with Gasteiger partial charge in [0, 0.05) is 17.1 Å². The van der Waals surface area contributed by atoms with Gasteiger partial charge in [0.25, 0.3) is 0 Å². The Bertz CT molecular complexity index is 717. The molecule has 3 nitrogen and oxygen atoms in total. The Morgan fingerprint density at radius 2 is 1.83 bits per heavy atom. The Morgan fingerprint density at radius 1 is 0.944 bits per heavy atom. The molecule has 18 heavy (non-hydrogen) atoms. The smallest absolute Gasteiger partial charge is 0.108 e. The number of fused-ring (bicyclic) bond motifs is 1. The molecule has 0 N–H and O–H groups in total. The van der Waals surface area contributed by atoms with E-state index in [9.17, 15) is 4.91 Å². The van der Waals surface area contributed by atoms with Crippen molar-refractivity contribution in [2.45, 2.75) is 0 Å². The topological polar surface area (TPSA) is 42.3 Å². The van der Waals surface area contributed by atoms with Crippen LogP contribution in [0.1, 0.15) is 0 Å². The molecular formula is C15H10N2O. The summed E-state index contributed by atoms with van der Waals surface area (Å²) in [5.41, 5.74) is 2.20. The van der Waals surface area contributed by atoms with Gasteiger partial charge >= 0.3 is 0 Å². The van der Waals surface area contributed by atoms with Gasteiger partial charge in [-0.25, -0.2) is 0 Å². The van der Waals surface area contributed by atoms with E-state index in [0.29, 0.717) is 5.69 Å². The maximum atomic E-state index is 10.6. The van der Waals surface area contributed by atoms with Crippen LogP contribution in [-0.2, 0) is 0 Å². The van der Waals surface area contributed by atoms with Gasteiger partial charge in [0.15, 0.2) is 0 Å². The second-order valence-electron chi connectivity index (χ2n) is 4.02. The van der Waals surface area contributed by atoms with Crippen molar-refractivity contribution in [1.82, 2.24) is 4.98 Å². The molecule has 86 valence electrons. The molecule has 0 radical (unpaired) electrons. The molecule has 0 fully saturated rings. The largest absolute Gasteiger partial charge is 0.256 e. The summed E-state index contributed by atoms with van der Waals surface area (Å²) in [6, 6.07) is 17.2. The van der Waals surface area contributed by atoms with Crippen molar-refractivity contribution in [1.29, 1.82) is 0 Å². The van der Waals surface area contributed by atoms with Crippen LogP contribution in [0.15, 0.2) is 66.0 Å².